The number of rotatable bonds is 6. The third kappa shape index (κ3) is 4.18. The summed E-state index contributed by atoms with van der Waals surface area (Å²) in [7, 11) is -3.44. The van der Waals surface area contributed by atoms with E-state index in [0.29, 0.717) is 11.6 Å². The molecule has 1 aromatic carbocycles. The molecule has 1 fully saturated rings. The first kappa shape index (κ1) is 16.3. The van der Waals surface area contributed by atoms with Gasteiger partial charge in [-0.25, -0.2) is 8.42 Å². The molecule has 1 aliphatic rings. The van der Waals surface area contributed by atoms with Crippen LogP contribution in [0.2, 0.25) is 5.02 Å². The Labute approximate surface area is 129 Å². The molecule has 0 aromatic heterocycles. The molecule has 1 heterocycles. The van der Waals surface area contributed by atoms with Gasteiger partial charge in [0.1, 0.15) is 0 Å². The van der Waals surface area contributed by atoms with Crippen LogP contribution in [0.3, 0.4) is 0 Å². The second-order valence-electron chi connectivity index (χ2n) is 5.14. The van der Waals surface area contributed by atoms with E-state index >= 15 is 0 Å². The molecule has 2 rings (SSSR count). The lowest BCUT2D eigenvalue weighted by molar-refractivity contribution is -0.137. The van der Waals surface area contributed by atoms with Crippen molar-refractivity contribution in [3.63, 3.8) is 0 Å². The van der Waals surface area contributed by atoms with E-state index in [2.05, 4.69) is 0 Å². The van der Waals surface area contributed by atoms with Gasteiger partial charge in [0, 0.05) is 24.0 Å². The fourth-order valence-corrected chi connectivity index (χ4v) is 4.61. The van der Waals surface area contributed by atoms with Crippen molar-refractivity contribution in [2.45, 2.75) is 31.7 Å². The summed E-state index contributed by atoms with van der Waals surface area (Å²) in [6.07, 6.45) is 1.57. The number of nitrogens with zero attached hydrogens (tertiary/aromatic N) is 1. The number of hydrogen-bond acceptors (Lipinski definition) is 3. The molecule has 0 bridgehead atoms. The lowest BCUT2D eigenvalue weighted by Gasteiger charge is -2.24. The van der Waals surface area contributed by atoms with Gasteiger partial charge < -0.3 is 5.11 Å². The molecule has 0 amide bonds. The topological polar surface area (TPSA) is 74.7 Å². The minimum absolute atomic E-state index is 0.129. The van der Waals surface area contributed by atoms with Gasteiger partial charge in [0.2, 0.25) is 10.0 Å². The summed E-state index contributed by atoms with van der Waals surface area (Å²) in [5.41, 5.74) is 0.891. The van der Waals surface area contributed by atoms with Crippen LogP contribution < -0.4 is 0 Å². The molecule has 5 nitrogen and oxygen atoms in total. The number of aliphatic carboxylic acids is 1. The van der Waals surface area contributed by atoms with Crippen LogP contribution in [0.4, 0.5) is 0 Å². The highest BCUT2D eigenvalue weighted by Crippen LogP contribution is 2.35. The fourth-order valence-electron chi connectivity index (χ4n) is 2.64. The maximum Gasteiger partial charge on any atom is 0.303 e. The summed E-state index contributed by atoms with van der Waals surface area (Å²) in [5.74, 6) is -1.10. The highest BCUT2D eigenvalue weighted by Gasteiger charge is 2.34. The van der Waals surface area contributed by atoms with E-state index in [1.807, 2.05) is 12.1 Å². The van der Waals surface area contributed by atoms with Gasteiger partial charge in [0.25, 0.3) is 0 Å². The Balaban J connectivity index is 2.12. The summed E-state index contributed by atoms with van der Waals surface area (Å²) in [5, 5.41) is 9.20. The van der Waals surface area contributed by atoms with E-state index in [-0.39, 0.29) is 24.6 Å². The van der Waals surface area contributed by atoms with Crippen LogP contribution in [-0.2, 0) is 14.8 Å². The van der Waals surface area contributed by atoms with Gasteiger partial charge in [0.15, 0.2) is 0 Å². The van der Waals surface area contributed by atoms with Gasteiger partial charge in [-0.1, -0.05) is 23.7 Å². The Hall–Kier alpha value is -1.11. The van der Waals surface area contributed by atoms with E-state index in [1.165, 1.54) is 4.31 Å². The van der Waals surface area contributed by atoms with Gasteiger partial charge >= 0.3 is 5.97 Å². The van der Waals surface area contributed by atoms with Crippen molar-refractivity contribution in [3.8, 4) is 0 Å². The first-order chi connectivity index (χ1) is 9.90. The maximum atomic E-state index is 12.4. The van der Waals surface area contributed by atoms with E-state index < -0.39 is 16.0 Å². The van der Waals surface area contributed by atoms with Crippen LogP contribution in [0.25, 0.3) is 0 Å². The molecule has 7 heteroatoms. The van der Waals surface area contributed by atoms with E-state index in [0.717, 1.165) is 18.4 Å². The monoisotopic (exact) mass is 331 g/mol. The Morgan fingerprint density at radius 2 is 2.19 bits per heavy atom. The Morgan fingerprint density at radius 1 is 1.43 bits per heavy atom. The van der Waals surface area contributed by atoms with Gasteiger partial charge in [0.05, 0.1) is 5.75 Å². The van der Waals surface area contributed by atoms with Crippen LogP contribution in [-0.4, -0.2) is 36.1 Å². The van der Waals surface area contributed by atoms with Crippen LogP contribution in [0.5, 0.6) is 0 Å². The third-order valence-electron chi connectivity index (χ3n) is 3.59. The Bertz CT molecular complexity index is 617. The van der Waals surface area contributed by atoms with Crippen molar-refractivity contribution in [1.82, 2.24) is 4.31 Å². The second-order valence-corrected chi connectivity index (χ2v) is 7.61. The Kier molecular flexibility index (Phi) is 5.24. The molecule has 1 aliphatic heterocycles. The smallest absolute Gasteiger partial charge is 0.303 e. The standard InChI is InChI=1S/C14H18ClNO4S/c15-12-5-1-4-11(10-12)13-6-2-8-16(13)21(19,20)9-3-7-14(17)18/h1,4-5,10,13H,2-3,6-9H2,(H,17,18). The van der Waals surface area contributed by atoms with Crippen molar-refractivity contribution >= 4 is 27.6 Å². The number of hydrogen-bond donors (Lipinski definition) is 1. The lowest BCUT2D eigenvalue weighted by atomic mass is 10.1. The van der Waals surface area contributed by atoms with Crippen molar-refractivity contribution < 1.29 is 18.3 Å². The molecular weight excluding hydrogens is 314 g/mol. The number of carbonyl (C=O) groups is 1. The number of benzene rings is 1. The first-order valence-corrected chi connectivity index (χ1v) is 8.85. The van der Waals surface area contributed by atoms with Crippen LogP contribution in [0.1, 0.15) is 37.3 Å². The molecule has 0 saturated carbocycles. The van der Waals surface area contributed by atoms with Crippen molar-refractivity contribution in [1.29, 1.82) is 0 Å². The van der Waals surface area contributed by atoms with Gasteiger partial charge in [-0.05, 0) is 37.0 Å². The zero-order valence-corrected chi connectivity index (χ0v) is 13.1. The molecular formula is C14H18ClNO4S. The Morgan fingerprint density at radius 3 is 2.86 bits per heavy atom. The zero-order valence-electron chi connectivity index (χ0n) is 11.5. The minimum Gasteiger partial charge on any atom is -0.481 e. The summed E-state index contributed by atoms with van der Waals surface area (Å²) < 4.78 is 26.3. The highest BCUT2D eigenvalue weighted by molar-refractivity contribution is 7.89. The van der Waals surface area contributed by atoms with Crippen molar-refractivity contribution in [3.05, 3.63) is 34.9 Å². The normalized spacial score (nSPS) is 19.8. The molecule has 0 spiro atoms. The summed E-state index contributed by atoms with van der Waals surface area (Å²) in [4.78, 5) is 10.5. The first-order valence-electron chi connectivity index (χ1n) is 6.87. The summed E-state index contributed by atoms with van der Waals surface area (Å²) in [6, 6.07) is 7.04. The van der Waals surface area contributed by atoms with Crippen LogP contribution in [0, 0.1) is 0 Å². The molecule has 0 aliphatic carbocycles. The van der Waals surface area contributed by atoms with Gasteiger partial charge in [-0.2, -0.15) is 4.31 Å². The average Bonchev–Trinajstić information content (AvgIpc) is 2.88. The van der Waals surface area contributed by atoms with E-state index in [9.17, 15) is 13.2 Å². The predicted octanol–water partition coefficient (Wildman–Crippen LogP) is 2.67. The third-order valence-corrected chi connectivity index (χ3v) is 5.78. The molecule has 21 heavy (non-hydrogen) atoms. The highest BCUT2D eigenvalue weighted by atomic mass is 35.5. The molecule has 1 unspecified atom stereocenters. The molecule has 1 atom stereocenters. The predicted molar refractivity (Wildman–Crippen MR) is 80.8 cm³/mol. The number of halogens is 1. The number of carboxylic acids is 1. The maximum absolute atomic E-state index is 12.4. The van der Waals surface area contributed by atoms with E-state index in [1.54, 1.807) is 12.1 Å². The largest absolute Gasteiger partial charge is 0.481 e. The van der Waals surface area contributed by atoms with Crippen molar-refractivity contribution in [2.75, 3.05) is 12.3 Å². The molecule has 1 aromatic rings. The van der Waals surface area contributed by atoms with Crippen molar-refractivity contribution in [2.24, 2.45) is 0 Å². The average molecular weight is 332 g/mol. The minimum atomic E-state index is -3.44. The quantitative estimate of drug-likeness (QED) is 0.869. The number of carboxylic acid groups (broad SMARTS) is 1. The van der Waals surface area contributed by atoms with Crippen LogP contribution in [0.15, 0.2) is 24.3 Å². The molecule has 1 saturated heterocycles. The van der Waals surface area contributed by atoms with Crippen LogP contribution >= 0.6 is 11.6 Å². The SMILES string of the molecule is O=C(O)CCCS(=O)(=O)N1CCCC1c1cccc(Cl)c1. The molecule has 0 radical (unpaired) electrons. The molecule has 1 N–H and O–H groups in total. The summed E-state index contributed by atoms with van der Waals surface area (Å²) in [6.45, 7) is 0.479. The second kappa shape index (κ2) is 6.77. The van der Waals surface area contributed by atoms with Gasteiger partial charge in [-0.15, -0.1) is 0 Å². The fraction of sp³-hybridized carbons (Fsp3) is 0.500. The van der Waals surface area contributed by atoms with E-state index in [4.69, 9.17) is 16.7 Å². The zero-order chi connectivity index (χ0) is 15.5. The summed E-state index contributed by atoms with van der Waals surface area (Å²) >= 11 is 5.97. The number of sulfonamides is 1. The van der Waals surface area contributed by atoms with Gasteiger partial charge in [-0.3, -0.25) is 4.79 Å². The molecule has 116 valence electrons. The lowest BCUT2D eigenvalue weighted by Crippen LogP contribution is -2.32.